The molecule has 1 aliphatic carbocycles. The van der Waals surface area contributed by atoms with Crippen molar-refractivity contribution >= 4 is 17.6 Å². The lowest BCUT2D eigenvalue weighted by molar-refractivity contribution is 0.0693. The molecule has 0 heterocycles. The van der Waals surface area contributed by atoms with Crippen molar-refractivity contribution in [3.8, 4) is 5.75 Å². The van der Waals surface area contributed by atoms with Crippen LogP contribution in [0.2, 0.25) is 0 Å². The third kappa shape index (κ3) is 3.34. The number of fused-ring (bicyclic) bond motifs is 1. The van der Waals surface area contributed by atoms with Crippen molar-refractivity contribution < 1.29 is 24.2 Å². The molecule has 130 valence electrons. The Hall–Kier alpha value is -2.86. The van der Waals surface area contributed by atoms with Crippen LogP contribution in [-0.2, 0) is 17.6 Å². The lowest BCUT2D eigenvalue weighted by Crippen LogP contribution is -2.15. The number of rotatable bonds is 5. The first kappa shape index (κ1) is 17.0. The van der Waals surface area contributed by atoms with Crippen molar-refractivity contribution in [3.05, 3.63) is 58.7 Å². The van der Waals surface area contributed by atoms with Crippen LogP contribution in [0.15, 0.2) is 36.4 Å². The van der Waals surface area contributed by atoms with Gasteiger partial charge < -0.3 is 19.9 Å². The highest BCUT2D eigenvalue weighted by molar-refractivity contribution is 6.08. The van der Waals surface area contributed by atoms with Crippen molar-refractivity contribution in [2.75, 3.05) is 19.5 Å². The molecule has 1 unspecified atom stereocenters. The maximum Gasteiger partial charge on any atom is 0.339 e. The van der Waals surface area contributed by atoms with Crippen LogP contribution in [-0.4, -0.2) is 37.3 Å². The number of para-hydroxylation sites is 1. The first-order chi connectivity index (χ1) is 12.0. The molecule has 2 aromatic carbocycles. The molecule has 1 amide bonds. The minimum Gasteiger partial charge on any atom is -0.495 e. The smallest absolute Gasteiger partial charge is 0.339 e. The van der Waals surface area contributed by atoms with Crippen molar-refractivity contribution in [2.24, 2.45) is 0 Å². The Morgan fingerprint density at radius 1 is 1.08 bits per heavy atom. The fraction of sp³-hybridized carbons (Fsp3) is 0.263. The van der Waals surface area contributed by atoms with Crippen molar-refractivity contribution in [2.45, 2.75) is 18.9 Å². The van der Waals surface area contributed by atoms with E-state index in [0.717, 1.165) is 18.4 Å². The van der Waals surface area contributed by atoms with E-state index in [2.05, 4.69) is 5.32 Å². The Morgan fingerprint density at radius 2 is 1.80 bits per heavy atom. The molecule has 2 N–H and O–H groups in total. The minimum absolute atomic E-state index is 0.0490. The predicted octanol–water partition coefficient (Wildman–Crippen LogP) is 2.76. The van der Waals surface area contributed by atoms with Crippen molar-refractivity contribution in [1.82, 2.24) is 0 Å². The summed E-state index contributed by atoms with van der Waals surface area (Å²) >= 11 is 0. The van der Waals surface area contributed by atoms with Gasteiger partial charge in [0.2, 0.25) is 0 Å². The Morgan fingerprint density at radius 3 is 2.48 bits per heavy atom. The van der Waals surface area contributed by atoms with Crippen LogP contribution in [0.1, 0.15) is 31.8 Å². The third-order valence-corrected chi connectivity index (χ3v) is 4.39. The van der Waals surface area contributed by atoms with Gasteiger partial charge in [-0.15, -0.1) is 0 Å². The van der Waals surface area contributed by atoms with Crippen molar-refractivity contribution in [1.29, 1.82) is 0 Å². The summed E-state index contributed by atoms with van der Waals surface area (Å²) < 4.78 is 10.5. The van der Waals surface area contributed by atoms with E-state index in [1.165, 1.54) is 30.9 Å². The zero-order chi connectivity index (χ0) is 18.0. The average molecular weight is 341 g/mol. The van der Waals surface area contributed by atoms with Gasteiger partial charge in [-0.3, -0.25) is 4.79 Å². The number of benzene rings is 2. The van der Waals surface area contributed by atoms with E-state index in [0.29, 0.717) is 5.69 Å². The number of anilines is 1. The molecule has 6 heteroatoms. The summed E-state index contributed by atoms with van der Waals surface area (Å²) in [6.45, 7) is 0. The molecule has 0 radical (unpaired) electrons. The van der Waals surface area contributed by atoms with Gasteiger partial charge >= 0.3 is 5.97 Å². The number of nitrogens with one attached hydrogen (secondary N) is 1. The van der Waals surface area contributed by atoms with E-state index >= 15 is 0 Å². The molecule has 1 aliphatic rings. The number of amides is 1. The van der Waals surface area contributed by atoms with Gasteiger partial charge in [-0.1, -0.05) is 12.1 Å². The fourth-order valence-corrected chi connectivity index (χ4v) is 3.12. The number of carboxylic acid groups (broad SMARTS) is 1. The fourth-order valence-electron chi connectivity index (χ4n) is 3.12. The second-order valence-electron chi connectivity index (χ2n) is 5.90. The Bertz CT molecular complexity index is 831. The molecule has 6 nitrogen and oxygen atoms in total. The normalized spacial score (nSPS) is 15.5. The van der Waals surface area contributed by atoms with Gasteiger partial charge in [0, 0.05) is 12.8 Å². The monoisotopic (exact) mass is 341 g/mol. The van der Waals surface area contributed by atoms with Crippen LogP contribution in [0.25, 0.3) is 0 Å². The maximum absolute atomic E-state index is 12.6. The average Bonchev–Trinajstić information content (AvgIpc) is 3.03. The third-order valence-electron chi connectivity index (χ3n) is 4.39. The molecular weight excluding hydrogens is 322 g/mol. The van der Waals surface area contributed by atoms with E-state index < -0.39 is 11.9 Å². The Kier molecular flexibility index (Phi) is 4.72. The number of methoxy groups -OCH3 is 2. The largest absolute Gasteiger partial charge is 0.495 e. The molecular formula is C19H19NO5. The molecule has 0 bridgehead atoms. The topological polar surface area (TPSA) is 84.9 Å². The molecule has 3 rings (SSSR count). The molecule has 0 spiro atoms. The molecule has 0 fully saturated rings. The van der Waals surface area contributed by atoms with Crippen molar-refractivity contribution in [3.63, 3.8) is 0 Å². The highest BCUT2D eigenvalue weighted by atomic mass is 16.5. The Labute approximate surface area is 145 Å². The van der Waals surface area contributed by atoms with Crippen LogP contribution in [0.5, 0.6) is 5.75 Å². The molecule has 1 atom stereocenters. The number of hydrogen-bond donors (Lipinski definition) is 2. The highest BCUT2D eigenvalue weighted by Gasteiger charge is 2.23. The number of aromatic carboxylic acids is 1. The summed E-state index contributed by atoms with van der Waals surface area (Å²) in [7, 11) is 3.04. The lowest BCUT2D eigenvalue weighted by atomic mass is 10.1. The lowest BCUT2D eigenvalue weighted by Gasteiger charge is -2.12. The van der Waals surface area contributed by atoms with Crippen LogP contribution in [0, 0.1) is 0 Å². The van der Waals surface area contributed by atoms with E-state index in [4.69, 9.17) is 9.47 Å². The first-order valence-electron chi connectivity index (χ1n) is 7.89. The van der Waals surface area contributed by atoms with Gasteiger partial charge in [0.25, 0.3) is 5.91 Å². The maximum atomic E-state index is 12.6. The number of carbonyl (C=O) groups excluding carboxylic acids is 1. The first-order valence-corrected chi connectivity index (χ1v) is 7.89. The summed E-state index contributed by atoms with van der Waals surface area (Å²) in [4.78, 5) is 23.9. The van der Waals surface area contributed by atoms with Gasteiger partial charge in [-0.2, -0.15) is 0 Å². The number of carboxylic acids is 1. The molecule has 0 saturated carbocycles. The molecule has 0 aromatic heterocycles. The molecule has 25 heavy (non-hydrogen) atoms. The Balaban J connectivity index is 1.85. The van der Waals surface area contributed by atoms with Gasteiger partial charge in [0.1, 0.15) is 11.3 Å². The molecule has 0 aliphatic heterocycles. The second-order valence-corrected chi connectivity index (χ2v) is 5.90. The van der Waals surface area contributed by atoms with Gasteiger partial charge in [-0.25, -0.2) is 4.79 Å². The summed E-state index contributed by atoms with van der Waals surface area (Å²) in [5.74, 6) is -1.51. The van der Waals surface area contributed by atoms with Gasteiger partial charge in [0.15, 0.2) is 0 Å². The van der Waals surface area contributed by atoms with E-state index in [9.17, 15) is 14.7 Å². The van der Waals surface area contributed by atoms with E-state index in [-0.39, 0.29) is 23.0 Å². The summed E-state index contributed by atoms with van der Waals surface area (Å²) in [6, 6.07) is 10.2. The van der Waals surface area contributed by atoms with Gasteiger partial charge in [-0.05, 0) is 48.2 Å². The van der Waals surface area contributed by atoms with Crippen LogP contribution >= 0.6 is 0 Å². The van der Waals surface area contributed by atoms with E-state index in [1.807, 2.05) is 18.2 Å². The van der Waals surface area contributed by atoms with Crippen LogP contribution in [0.3, 0.4) is 0 Å². The molecule has 2 aromatic rings. The SMILES string of the molecule is COc1c(C(=O)O)cccc1C(=O)Nc1ccc2c(c1)CC(OC)C2. The summed E-state index contributed by atoms with van der Waals surface area (Å²) in [5.41, 5.74) is 3.15. The second kappa shape index (κ2) is 6.94. The summed E-state index contributed by atoms with van der Waals surface area (Å²) in [5, 5.41) is 12.0. The van der Waals surface area contributed by atoms with Crippen LogP contribution in [0.4, 0.5) is 5.69 Å². The minimum atomic E-state index is -1.14. The van der Waals surface area contributed by atoms with Gasteiger partial charge in [0.05, 0.1) is 18.8 Å². The number of ether oxygens (including phenoxy) is 2. The standard InChI is InChI=1S/C19H19NO5/c1-24-14-9-11-6-7-13(8-12(11)10-14)20-18(21)15-4-3-5-16(19(22)23)17(15)25-2/h3-8,14H,9-10H2,1-2H3,(H,20,21)(H,22,23). The molecule has 0 saturated heterocycles. The van der Waals surface area contributed by atoms with Crippen LogP contribution < -0.4 is 10.1 Å². The summed E-state index contributed by atoms with van der Waals surface area (Å²) in [6.07, 6.45) is 1.86. The predicted molar refractivity (Wildman–Crippen MR) is 92.6 cm³/mol. The highest BCUT2D eigenvalue weighted by Crippen LogP contribution is 2.28. The number of hydrogen-bond acceptors (Lipinski definition) is 4. The quantitative estimate of drug-likeness (QED) is 0.873. The zero-order valence-electron chi connectivity index (χ0n) is 14.0. The van der Waals surface area contributed by atoms with E-state index in [1.54, 1.807) is 7.11 Å². The number of carbonyl (C=O) groups is 2. The zero-order valence-corrected chi connectivity index (χ0v) is 14.0.